The van der Waals surface area contributed by atoms with E-state index >= 15 is 0 Å². The van der Waals surface area contributed by atoms with Crippen LogP contribution in [0, 0.1) is 0 Å². The normalized spacial score (nSPS) is 18.0. The molecule has 1 aliphatic rings. The number of nitrogens with one attached hydrogen (secondary N) is 1. The van der Waals surface area contributed by atoms with Gasteiger partial charge >= 0.3 is 0 Å². The Hall–Kier alpha value is -0.160. The van der Waals surface area contributed by atoms with Gasteiger partial charge in [0.25, 0.3) is 0 Å². The zero-order chi connectivity index (χ0) is 11.8. The van der Waals surface area contributed by atoms with Crippen molar-refractivity contribution in [2.24, 2.45) is 0 Å². The van der Waals surface area contributed by atoms with Crippen molar-refractivity contribution in [1.82, 2.24) is 10.2 Å². The smallest absolute Gasteiger partial charge is 0.0630 e. The molecule has 0 radical (unpaired) electrons. The molecule has 1 N–H and O–H groups in total. The van der Waals surface area contributed by atoms with Crippen molar-refractivity contribution in [3.8, 4) is 0 Å². The molecule has 96 valence electrons. The molecule has 4 heteroatoms. The molecule has 0 aromatic heterocycles. The lowest BCUT2D eigenvalue weighted by Crippen LogP contribution is -2.44. The molecule has 1 atom stereocenters. The first kappa shape index (κ1) is 13.9. The number of likely N-dealkylation sites (N-methyl/N-ethyl adjacent to an activating group) is 1. The van der Waals surface area contributed by atoms with Crippen molar-refractivity contribution >= 4 is 0 Å². The molecule has 1 aliphatic carbocycles. The van der Waals surface area contributed by atoms with Crippen LogP contribution in [0.3, 0.4) is 0 Å². The van der Waals surface area contributed by atoms with Gasteiger partial charge in [-0.2, -0.15) is 0 Å². The van der Waals surface area contributed by atoms with E-state index in [0.29, 0.717) is 6.04 Å². The number of ether oxygens (including phenoxy) is 2. The zero-order valence-corrected chi connectivity index (χ0v) is 10.9. The number of hydrogen-bond donors (Lipinski definition) is 1. The standard InChI is InChI=1S/C12H26N2O2/c1-4-16-8-7-14(2)12(10-15-3)9-13-11-5-6-11/h11-13H,4-10H2,1-3H3. The van der Waals surface area contributed by atoms with Crippen molar-refractivity contribution in [2.75, 3.05) is 47.1 Å². The second-order valence-corrected chi connectivity index (χ2v) is 4.47. The minimum absolute atomic E-state index is 0.450. The van der Waals surface area contributed by atoms with E-state index in [1.165, 1.54) is 12.8 Å². The molecule has 0 aromatic carbocycles. The van der Waals surface area contributed by atoms with E-state index in [4.69, 9.17) is 9.47 Å². The Morgan fingerprint density at radius 3 is 2.75 bits per heavy atom. The van der Waals surface area contributed by atoms with Gasteiger partial charge in [0.05, 0.1) is 13.2 Å². The Morgan fingerprint density at radius 2 is 2.19 bits per heavy atom. The van der Waals surface area contributed by atoms with Crippen molar-refractivity contribution in [2.45, 2.75) is 31.8 Å². The summed E-state index contributed by atoms with van der Waals surface area (Å²) in [6.45, 7) is 6.39. The van der Waals surface area contributed by atoms with Gasteiger partial charge in [-0.1, -0.05) is 0 Å². The first-order valence-electron chi connectivity index (χ1n) is 6.28. The lowest BCUT2D eigenvalue weighted by atomic mass is 10.2. The molecular weight excluding hydrogens is 204 g/mol. The van der Waals surface area contributed by atoms with E-state index < -0.39 is 0 Å². The highest BCUT2D eigenvalue weighted by atomic mass is 16.5. The van der Waals surface area contributed by atoms with Crippen LogP contribution < -0.4 is 5.32 Å². The zero-order valence-electron chi connectivity index (χ0n) is 10.9. The fourth-order valence-corrected chi connectivity index (χ4v) is 1.66. The fraction of sp³-hybridized carbons (Fsp3) is 1.00. The summed E-state index contributed by atoms with van der Waals surface area (Å²) in [6.07, 6.45) is 2.67. The second kappa shape index (κ2) is 8.01. The molecular formula is C12H26N2O2. The van der Waals surface area contributed by atoms with Gasteiger partial charge in [0, 0.05) is 38.9 Å². The van der Waals surface area contributed by atoms with Crippen molar-refractivity contribution in [1.29, 1.82) is 0 Å². The van der Waals surface area contributed by atoms with Crippen LogP contribution in [-0.2, 0) is 9.47 Å². The number of rotatable bonds is 10. The van der Waals surface area contributed by atoms with Crippen molar-refractivity contribution < 1.29 is 9.47 Å². The number of nitrogens with zero attached hydrogens (tertiary/aromatic N) is 1. The van der Waals surface area contributed by atoms with E-state index in [0.717, 1.165) is 39.0 Å². The first-order chi connectivity index (χ1) is 7.77. The molecule has 1 fully saturated rings. The fourth-order valence-electron chi connectivity index (χ4n) is 1.66. The molecule has 0 bridgehead atoms. The molecule has 0 amide bonds. The maximum atomic E-state index is 5.37. The monoisotopic (exact) mass is 230 g/mol. The maximum Gasteiger partial charge on any atom is 0.0630 e. The molecule has 1 saturated carbocycles. The predicted octanol–water partition coefficient (Wildman–Crippen LogP) is 0.722. The predicted molar refractivity (Wildman–Crippen MR) is 65.8 cm³/mol. The Balaban J connectivity index is 2.16. The van der Waals surface area contributed by atoms with Crippen LogP contribution in [-0.4, -0.2) is 64.1 Å². The maximum absolute atomic E-state index is 5.37. The summed E-state index contributed by atoms with van der Waals surface area (Å²) < 4.78 is 10.6. The van der Waals surface area contributed by atoms with E-state index in [9.17, 15) is 0 Å². The molecule has 1 rings (SSSR count). The number of methoxy groups -OCH3 is 1. The summed E-state index contributed by atoms with van der Waals surface area (Å²) in [5, 5.41) is 3.55. The lowest BCUT2D eigenvalue weighted by Gasteiger charge is -2.27. The second-order valence-electron chi connectivity index (χ2n) is 4.47. The molecule has 1 unspecified atom stereocenters. The SMILES string of the molecule is CCOCCN(C)C(CNC1CC1)COC. The van der Waals surface area contributed by atoms with E-state index in [1.54, 1.807) is 7.11 Å². The van der Waals surface area contributed by atoms with Gasteiger partial charge < -0.3 is 14.8 Å². The molecule has 0 saturated heterocycles. The van der Waals surface area contributed by atoms with Crippen LogP contribution in [0.4, 0.5) is 0 Å². The third kappa shape index (κ3) is 5.80. The van der Waals surface area contributed by atoms with E-state index in [2.05, 4.69) is 17.3 Å². The third-order valence-electron chi connectivity index (χ3n) is 2.99. The van der Waals surface area contributed by atoms with Gasteiger partial charge in [-0.25, -0.2) is 0 Å². The van der Waals surface area contributed by atoms with E-state index in [1.807, 2.05) is 6.92 Å². The Morgan fingerprint density at radius 1 is 1.44 bits per heavy atom. The van der Waals surface area contributed by atoms with Crippen LogP contribution >= 0.6 is 0 Å². The Bertz CT molecular complexity index is 174. The molecule has 0 heterocycles. The van der Waals surface area contributed by atoms with Gasteiger partial charge in [0.15, 0.2) is 0 Å². The summed E-state index contributed by atoms with van der Waals surface area (Å²) in [5.41, 5.74) is 0. The van der Waals surface area contributed by atoms with Crippen molar-refractivity contribution in [3.63, 3.8) is 0 Å². The van der Waals surface area contributed by atoms with Crippen LogP contribution in [0.5, 0.6) is 0 Å². The number of hydrogen-bond acceptors (Lipinski definition) is 4. The van der Waals surface area contributed by atoms with Crippen LogP contribution in [0.1, 0.15) is 19.8 Å². The topological polar surface area (TPSA) is 33.7 Å². The van der Waals surface area contributed by atoms with Crippen LogP contribution in [0.15, 0.2) is 0 Å². The molecule has 16 heavy (non-hydrogen) atoms. The first-order valence-corrected chi connectivity index (χ1v) is 6.28. The largest absolute Gasteiger partial charge is 0.383 e. The average Bonchev–Trinajstić information content (AvgIpc) is 3.08. The average molecular weight is 230 g/mol. The summed E-state index contributed by atoms with van der Waals surface area (Å²) in [5.74, 6) is 0. The summed E-state index contributed by atoms with van der Waals surface area (Å²) in [6, 6.07) is 1.21. The highest BCUT2D eigenvalue weighted by molar-refractivity contribution is 4.83. The van der Waals surface area contributed by atoms with Crippen LogP contribution in [0.2, 0.25) is 0 Å². The van der Waals surface area contributed by atoms with Crippen LogP contribution in [0.25, 0.3) is 0 Å². The summed E-state index contributed by atoms with van der Waals surface area (Å²) >= 11 is 0. The Labute approximate surface area is 99.3 Å². The molecule has 0 spiro atoms. The highest BCUT2D eigenvalue weighted by Gasteiger charge is 2.23. The van der Waals surface area contributed by atoms with E-state index in [-0.39, 0.29) is 0 Å². The van der Waals surface area contributed by atoms with Crippen molar-refractivity contribution in [3.05, 3.63) is 0 Å². The highest BCUT2D eigenvalue weighted by Crippen LogP contribution is 2.18. The molecule has 4 nitrogen and oxygen atoms in total. The third-order valence-corrected chi connectivity index (χ3v) is 2.99. The van der Waals surface area contributed by atoms with Gasteiger partial charge in [-0.05, 0) is 26.8 Å². The summed E-state index contributed by atoms with van der Waals surface area (Å²) in [4.78, 5) is 2.31. The molecule has 0 aliphatic heterocycles. The Kier molecular flexibility index (Phi) is 6.96. The molecule has 0 aromatic rings. The summed E-state index contributed by atoms with van der Waals surface area (Å²) in [7, 11) is 3.90. The van der Waals surface area contributed by atoms with Gasteiger partial charge in [0.2, 0.25) is 0 Å². The quantitative estimate of drug-likeness (QED) is 0.561. The van der Waals surface area contributed by atoms with Gasteiger partial charge in [-0.15, -0.1) is 0 Å². The minimum Gasteiger partial charge on any atom is -0.383 e. The van der Waals surface area contributed by atoms with Gasteiger partial charge in [0.1, 0.15) is 0 Å². The minimum atomic E-state index is 0.450. The lowest BCUT2D eigenvalue weighted by molar-refractivity contribution is 0.0717. The van der Waals surface area contributed by atoms with Gasteiger partial charge in [-0.3, -0.25) is 4.90 Å².